The number of fused-ring (bicyclic) bond motifs is 2. The summed E-state index contributed by atoms with van der Waals surface area (Å²) in [4.78, 5) is 5.38. The Hall–Kier alpha value is -1.22. The molecule has 0 bridgehead atoms. The van der Waals surface area contributed by atoms with Crippen LogP contribution in [-0.2, 0) is 0 Å². The van der Waals surface area contributed by atoms with Crippen LogP contribution in [0.1, 0.15) is 30.4 Å². The first-order chi connectivity index (χ1) is 10.8. The summed E-state index contributed by atoms with van der Waals surface area (Å²) in [5.74, 6) is 0. The Morgan fingerprint density at radius 3 is 2.70 bits per heavy atom. The Morgan fingerprint density at radius 1 is 1.09 bits per heavy atom. The molecule has 1 aliphatic carbocycles. The summed E-state index contributed by atoms with van der Waals surface area (Å²) < 4.78 is 0. The van der Waals surface area contributed by atoms with E-state index >= 15 is 0 Å². The molecule has 120 valence electrons. The van der Waals surface area contributed by atoms with E-state index < -0.39 is 0 Å². The Morgan fingerprint density at radius 2 is 1.87 bits per heavy atom. The number of hydrogen-bond donors (Lipinski definition) is 0. The molecule has 23 heavy (non-hydrogen) atoms. The van der Waals surface area contributed by atoms with Gasteiger partial charge in [0.05, 0.1) is 0 Å². The van der Waals surface area contributed by atoms with Crippen molar-refractivity contribution in [2.75, 3.05) is 20.1 Å². The second-order valence-corrected chi connectivity index (χ2v) is 7.31. The van der Waals surface area contributed by atoms with Gasteiger partial charge in [-0.2, -0.15) is 0 Å². The maximum Gasteiger partial charge on any atom is 0.0193 e. The lowest BCUT2D eigenvalue weighted by Gasteiger charge is -2.26. The smallest absolute Gasteiger partial charge is 0.0193 e. The maximum atomic E-state index is 2.43. The van der Waals surface area contributed by atoms with E-state index in [1.807, 2.05) is 11.8 Å². The van der Waals surface area contributed by atoms with Gasteiger partial charge in [-0.15, -0.1) is 12.4 Å². The van der Waals surface area contributed by atoms with E-state index in [4.69, 9.17) is 0 Å². The molecular formula is C20H22ClNS. The van der Waals surface area contributed by atoms with Crippen molar-refractivity contribution < 1.29 is 0 Å². The quantitative estimate of drug-likeness (QED) is 0.610. The lowest BCUT2D eigenvalue weighted by Crippen LogP contribution is -2.26. The van der Waals surface area contributed by atoms with Crippen LogP contribution in [0.2, 0.25) is 0 Å². The summed E-state index contributed by atoms with van der Waals surface area (Å²) >= 11 is 1.99. The van der Waals surface area contributed by atoms with Gasteiger partial charge in [-0.3, -0.25) is 0 Å². The van der Waals surface area contributed by atoms with Crippen LogP contribution in [0.15, 0.2) is 58.5 Å². The van der Waals surface area contributed by atoms with Crippen molar-refractivity contribution in [3.8, 4) is 0 Å². The van der Waals surface area contributed by atoms with Gasteiger partial charge >= 0.3 is 0 Å². The Kier molecular flexibility index (Phi) is 5.15. The van der Waals surface area contributed by atoms with Crippen molar-refractivity contribution >= 4 is 35.2 Å². The summed E-state index contributed by atoms with van der Waals surface area (Å²) in [6, 6.07) is 8.89. The minimum atomic E-state index is 0. The van der Waals surface area contributed by atoms with Crippen LogP contribution in [0.25, 0.3) is 11.0 Å². The number of nitrogens with zero attached hydrogens (tertiary/aromatic N) is 1. The lowest BCUT2D eigenvalue weighted by atomic mass is 9.96. The third-order valence-corrected chi connectivity index (χ3v) is 6.03. The van der Waals surface area contributed by atoms with Crippen LogP contribution < -0.4 is 0 Å². The van der Waals surface area contributed by atoms with Gasteiger partial charge in [-0.1, -0.05) is 53.8 Å². The molecule has 3 aliphatic rings. The summed E-state index contributed by atoms with van der Waals surface area (Å²) in [6.45, 7) is 2.36. The van der Waals surface area contributed by atoms with Gasteiger partial charge in [-0.25, -0.2) is 0 Å². The average Bonchev–Trinajstić information content (AvgIpc) is 2.72. The van der Waals surface area contributed by atoms with Crippen molar-refractivity contribution in [3.05, 3.63) is 69.7 Å². The zero-order chi connectivity index (χ0) is 14.9. The third-order valence-electron chi connectivity index (χ3n) is 4.70. The zero-order valence-corrected chi connectivity index (χ0v) is 15.1. The fourth-order valence-corrected chi connectivity index (χ4v) is 4.63. The molecule has 3 heteroatoms. The minimum absolute atomic E-state index is 0. The standard InChI is InChI=1S/C20H21NS.ClH/c1-21-12-10-15(11-13-21)20-18-8-4-2-6-16(18)14-17-7-3-5-9-19(17)22-20;/h2-6,8-9,14H,7,10-13H2,1H3;1H. The second kappa shape index (κ2) is 7.12. The monoisotopic (exact) mass is 343 g/mol. The molecule has 2 aliphatic heterocycles. The first-order valence-corrected chi connectivity index (χ1v) is 8.88. The van der Waals surface area contributed by atoms with Crippen LogP contribution in [0.3, 0.4) is 0 Å². The molecule has 0 N–H and O–H groups in total. The van der Waals surface area contributed by atoms with E-state index in [0.29, 0.717) is 0 Å². The van der Waals surface area contributed by atoms with Crippen LogP contribution in [0.5, 0.6) is 0 Å². The van der Waals surface area contributed by atoms with Gasteiger partial charge in [0.25, 0.3) is 0 Å². The van der Waals surface area contributed by atoms with Gasteiger partial charge in [0.1, 0.15) is 0 Å². The zero-order valence-electron chi connectivity index (χ0n) is 13.4. The minimum Gasteiger partial charge on any atom is -0.306 e. The Bertz CT molecular complexity index is 717. The highest BCUT2D eigenvalue weighted by Gasteiger charge is 2.22. The van der Waals surface area contributed by atoms with E-state index in [9.17, 15) is 0 Å². The van der Waals surface area contributed by atoms with Crippen molar-refractivity contribution in [2.24, 2.45) is 0 Å². The molecule has 1 aromatic carbocycles. The van der Waals surface area contributed by atoms with Crippen LogP contribution >= 0.6 is 24.2 Å². The molecule has 1 fully saturated rings. The van der Waals surface area contributed by atoms with Crippen LogP contribution in [0.4, 0.5) is 0 Å². The van der Waals surface area contributed by atoms with Crippen molar-refractivity contribution in [1.82, 2.24) is 4.90 Å². The van der Waals surface area contributed by atoms with E-state index in [1.54, 1.807) is 5.57 Å². The molecule has 0 aromatic heterocycles. The number of benzene rings is 1. The fraction of sp³-hybridized carbons (Fsp3) is 0.300. The van der Waals surface area contributed by atoms with E-state index in [1.165, 1.54) is 52.4 Å². The number of likely N-dealkylation sites (tertiary alicyclic amines) is 1. The molecule has 4 rings (SSSR count). The predicted octanol–water partition coefficient (Wildman–Crippen LogP) is 5.52. The van der Waals surface area contributed by atoms with Gasteiger partial charge < -0.3 is 4.90 Å². The van der Waals surface area contributed by atoms with Gasteiger partial charge in [0.15, 0.2) is 0 Å². The molecular weight excluding hydrogens is 322 g/mol. The Labute approximate surface area is 149 Å². The highest BCUT2D eigenvalue weighted by Crippen LogP contribution is 2.47. The highest BCUT2D eigenvalue weighted by atomic mass is 35.5. The number of thioether (sulfide) groups is 1. The number of rotatable bonds is 0. The average molecular weight is 344 g/mol. The molecule has 0 radical (unpaired) electrons. The number of hydrogen-bond acceptors (Lipinski definition) is 2. The molecule has 0 atom stereocenters. The fourth-order valence-electron chi connectivity index (χ4n) is 3.35. The summed E-state index contributed by atoms with van der Waals surface area (Å²) in [5.41, 5.74) is 5.91. The number of piperidine rings is 1. The van der Waals surface area contributed by atoms with E-state index in [-0.39, 0.29) is 12.4 Å². The van der Waals surface area contributed by atoms with Gasteiger partial charge in [-0.05, 0) is 55.2 Å². The summed E-state index contributed by atoms with van der Waals surface area (Å²) in [7, 11) is 2.23. The third kappa shape index (κ3) is 3.35. The van der Waals surface area contributed by atoms with Crippen LogP contribution in [-0.4, -0.2) is 25.0 Å². The normalized spacial score (nSPS) is 20.7. The molecule has 0 unspecified atom stereocenters. The molecule has 0 amide bonds. The largest absolute Gasteiger partial charge is 0.306 e. The molecule has 0 spiro atoms. The van der Waals surface area contributed by atoms with E-state index in [0.717, 1.165) is 6.42 Å². The van der Waals surface area contributed by atoms with Crippen molar-refractivity contribution in [1.29, 1.82) is 0 Å². The first-order valence-electron chi connectivity index (χ1n) is 8.07. The lowest BCUT2D eigenvalue weighted by molar-refractivity contribution is 0.313. The van der Waals surface area contributed by atoms with Gasteiger partial charge in [0, 0.05) is 22.9 Å². The molecule has 2 heterocycles. The number of halogens is 1. The Balaban J connectivity index is 0.00000156. The second-order valence-electron chi connectivity index (χ2n) is 6.26. The first kappa shape index (κ1) is 16.6. The van der Waals surface area contributed by atoms with Crippen molar-refractivity contribution in [2.45, 2.75) is 19.3 Å². The highest BCUT2D eigenvalue weighted by molar-refractivity contribution is 8.12. The molecule has 1 saturated heterocycles. The molecule has 1 nitrogen and oxygen atoms in total. The molecule has 1 aromatic rings. The summed E-state index contributed by atoms with van der Waals surface area (Å²) in [6.07, 6.45) is 12.6. The molecule has 0 saturated carbocycles. The number of allylic oxidation sites excluding steroid dienone is 4. The SMILES string of the molecule is CN1CCC(=C2SC3=CC=CCC3=Cc3ccccc32)CC1.Cl. The van der Waals surface area contributed by atoms with Crippen LogP contribution in [0, 0.1) is 0 Å². The van der Waals surface area contributed by atoms with Gasteiger partial charge in [0.2, 0.25) is 0 Å². The maximum absolute atomic E-state index is 2.43. The predicted molar refractivity (Wildman–Crippen MR) is 105 cm³/mol. The summed E-state index contributed by atoms with van der Waals surface area (Å²) in [5, 5.41) is 0. The van der Waals surface area contributed by atoms with Crippen molar-refractivity contribution in [3.63, 3.8) is 0 Å². The van der Waals surface area contributed by atoms with E-state index in [2.05, 4.69) is 60.5 Å². The topological polar surface area (TPSA) is 3.24 Å².